The van der Waals surface area contributed by atoms with Crippen LogP contribution in [0.1, 0.15) is 26.5 Å². The van der Waals surface area contributed by atoms with Crippen molar-refractivity contribution in [2.45, 2.75) is 26.2 Å². The molecule has 2 aromatic rings. The van der Waals surface area contributed by atoms with Crippen molar-refractivity contribution < 1.29 is 4.39 Å². The third kappa shape index (κ3) is 1.69. The second kappa shape index (κ2) is 2.99. The molecule has 0 unspecified atom stereocenters. The molecule has 1 aromatic heterocycles. The molecule has 0 fully saturated rings. The summed E-state index contributed by atoms with van der Waals surface area (Å²) in [7, 11) is 0. The van der Waals surface area contributed by atoms with Crippen LogP contribution in [-0.4, -0.2) is 4.98 Å². The number of nitrogens with one attached hydrogen (secondary N) is 1. The van der Waals surface area contributed by atoms with E-state index in [1.165, 1.54) is 6.07 Å². The Hall–Kier alpha value is -1.51. The molecule has 0 saturated heterocycles. The van der Waals surface area contributed by atoms with Crippen LogP contribution in [0.15, 0.2) is 18.2 Å². The Morgan fingerprint density at radius 3 is 2.47 bits per heavy atom. The van der Waals surface area contributed by atoms with Crippen LogP contribution in [0, 0.1) is 5.82 Å². The van der Waals surface area contributed by atoms with Crippen LogP contribution in [0.3, 0.4) is 0 Å². The maximum absolute atomic E-state index is 13.5. The van der Waals surface area contributed by atoms with Gasteiger partial charge in [-0.2, -0.15) is 0 Å². The van der Waals surface area contributed by atoms with Crippen LogP contribution in [0.5, 0.6) is 0 Å². The first-order chi connectivity index (χ1) is 6.88. The third-order valence-electron chi connectivity index (χ3n) is 2.51. The van der Waals surface area contributed by atoms with Gasteiger partial charge in [0.05, 0.1) is 5.52 Å². The summed E-state index contributed by atoms with van der Waals surface area (Å²) in [6.07, 6.45) is 0. The Morgan fingerprint density at radius 1 is 1.20 bits per heavy atom. The lowest BCUT2D eigenvalue weighted by atomic mass is 9.92. The number of H-pyrrole nitrogens is 1. The van der Waals surface area contributed by atoms with Gasteiger partial charge in [0.1, 0.15) is 5.82 Å². The van der Waals surface area contributed by atoms with Crippen molar-refractivity contribution in [2.75, 3.05) is 5.73 Å². The van der Waals surface area contributed by atoms with Gasteiger partial charge in [0, 0.05) is 22.2 Å². The lowest BCUT2D eigenvalue weighted by Crippen LogP contribution is -2.11. The lowest BCUT2D eigenvalue weighted by Gasteiger charge is -2.15. The normalized spacial score (nSPS) is 12.3. The zero-order chi connectivity index (χ0) is 11.2. The number of aromatic amines is 1. The van der Waals surface area contributed by atoms with Crippen molar-refractivity contribution in [3.8, 4) is 0 Å². The first-order valence-electron chi connectivity index (χ1n) is 4.96. The molecule has 0 spiro atoms. The van der Waals surface area contributed by atoms with Crippen LogP contribution < -0.4 is 5.73 Å². The molecular formula is C12H15FN2. The zero-order valence-electron chi connectivity index (χ0n) is 9.19. The number of nitrogen functional groups attached to an aromatic ring is 1. The molecule has 80 valence electrons. The SMILES string of the molecule is CC(C)(C)c1cc2cc(N)cc(F)c2[nH]1. The highest BCUT2D eigenvalue weighted by Gasteiger charge is 2.17. The molecule has 0 atom stereocenters. The number of halogens is 1. The van der Waals surface area contributed by atoms with Crippen molar-refractivity contribution in [3.63, 3.8) is 0 Å². The lowest BCUT2D eigenvalue weighted by molar-refractivity contribution is 0.572. The van der Waals surface area contributed by atoms with E-state index in [0.29, 0.717) is 11.2 Å². The Labute approximate surface area is 88.3 Å². The van der Waals surface area contributed by atoms with Crippen molar-refractivity contribution in [1.29, 1.82) is 0 Å². The van der Waals surface area contributed by atoms with Gasteiger partial charge in [-0.15, -0.1) is 0 Å². The molecule has 0 radical (unpaired) electrons. The maximum Gasteiger partial charge on any atom is 0.149 e. The molecule has 3 N–H and O–H groups in total. The Balaban J connectivity index is 2.71. The first-order valence-corrected chi connectivity index (χ1v) is 4.96. The fourth-order valence-corrected chi connectivity index (χ4v) is 1.63. The number of benzene rings is 1. The number of anilines is 1. The summed E-state index contributed by atoms with van der Waals surface area (Å²) in [4.78, 5) is 3.10. The number of aromatic nitrogens is 1. The molecule has 0 bridgehead atoms. The van der Waals surface area contributed by atoms with Crippen molar-refractivity contribution in [2.24, 2.45) is 0 Å². The molecule has 0 aliphatic rings. The van der Waals surface area contributed by atoms with E-state index in [1.807, 2.05) is 6.07 Å². The fourth-order valence-electron chi connectivity index (χ4n) is 1.63. The predicted molar refractivity (Wildman–Crippen MR) is 61.4 cm³/mol. The van der Waals surface area contributed by atoms with Gasteiger partial charge >= 0.3 is 0 Å². The van der Waals surface area contributed by atoms with Gasteiger partial charge in [0.2, 0.25) is 0 Å². The van der Waals surface area contributed by atoms with Gasteiger partial charge in [-0.05, 0) is 18.2 Å². The molecule has 0 aliphatic heterocycles. The minimum Gasteiger partial charge on any atom is -0.399 e. The maximum atomic E-state index is 13.5. The average Bonchev–Trinajstić information content (AvgIpc) is 2.46. The van der Waals surface area contributed by atoms with Crippen molar-refractivity contribution in [3.05, 3.63) is 29.7 Å². The average molecular weight is 206 g/mol. The quantitative estimate of drug-likeness (QED) is 0.638. The molecule has 0 saturated carbocycles. The summed E-state index contributed by atoms with van der Waals surface area (Å²) < 4.78 is 13.5. The summed E-state index contributed by atoms with van der Waals surface area (Å²) in [5.74, 6) is -0.291. The number of rotatable bonds is 0. The summed E-state index contributed by atoms with van der Waals surface area (Å²) in [6, 6.07) is 5.07. The van der Waals surface area contributed by atoms with Gasteiger partial charge in [0.25, 0.3) is 0 Å². The van der Waals surface area contributed by atoms with E-state index in [4.69, 9.17) is 5.73 Å². The predicted octanol–water partition coefficient (Wildman–Crippen LogP) is 3.19. The van der Waals surface area contributed by atoms with E-state index < -0.39 is 0 Å². The van der Waals surface area contributed by atoms with Gasteiger partial charge in [-0.3, -0.25) is 0 Å². The van der Waals surface area contributed by atoms with Crippen LogP contribution >= 0.6 is 0 Å². The van der Waals surface area contributed by atoms with E-state index in [1.54, 1.807) is 6.07 Å². The van der Waals surface area contributed by atoms with Crippen LogP contribution in [-0.2, 0) is 5.41 Å². The molecule has 1 aromatic carbocycles. The molecule has 0 amide bonds. The van der Waals surface area contributed by atoms with Gasteiger partial charge in [-0.1, -0.05) is 20.8 Å². The van der Waals surface area contributed by atoms with E-state index in [2.05, 4.69) is 25.8 Å². The number of hydrogen-bond acceptors (Lipinski definition) is 1. The molecule has 2 rings (SSSR count). The van der Waals surface area contributed by atoms with Crippen LogP contribution in [0.4, 0.5) is 10.1 Å². The van der Waals surface area contributed by atoms with Crippen LogP contribution in [0.2, 0.25) is 0 Å². The third-order valence-corrected chi connectivity index (χ3v) is 2.51. The molecule has 2 nitrogen and oxygen atoms in total. The minimum absolute atomic E-state index is 0.0137. The Morgan fingerprint density at radius 2 is 1.87 bits per heavy atom. The standard InChI is InChI=1S/C12H15FN2/c1-12(2,3)10-5-7-4-8(14)6-9(13)11(7)15-10/h4-6,15H,14H2,1-3H3. The number of hydrogen-bond donors (Lipinski definition) is 2. The Kier molecular flexibility index (Phi) is 2.00. The van der Waals surface area contributed by atoms with E-state index in [9.17, 15) is 4.39 Å². The largest absolute Gasteiger partial charge is 0.399 e. The van der Waals surface area contributed by atoms with Crippen LogP contribution in [0.25, 0.3) is 10.9 Å². The topological polar surface area (TPSA) is 41.8 Å². The highest BCUT2D eigenvalue weighted by molar-refractivity contribution is 5.84. The Bertz CT molecular complexity index is 506. The highest BCUT2D eigenvalue weighted by atomic mass is 19.1. The first kappa shape index (κ1) is 10.0. The van der Waals surface area contributed by atoms with Gasteiger partial charge < -0.3 is 10.7 Å². The summed E-state index contributed by atoms with van der Waals surface area (Å²) in [5.41, 5.74) is 7.59. The molecule has 1 heterocycles. The molecular weight excluding hydrogens is 191 g/mol. The van der Waals surface area contributed by atoms with E-state index >= 15 is 0 Å². The summed E-state index contributed by atoms with van der Waals surface area (Å²) in [5, 5.41) is 0.831. The van der Waals surface area contributed by atoms with Gasteiger partial charge in [0.15, 0.2) is 0 Å². The molecule has 0 aliphatic carbocycles. The number of nitrogens with two attached hydrogens (primary N) is 1. The smallest absolute Gasteiger partial charge is 0.149 e. The highest BCUT2D eigenvalue weighted by Crippen LogP contribution is 2.28. The van der Waals surface area contributed by atoms with Crippen molar-refractivity contribution >= 4 is 16.6 Å². The fraction of sp³-hybridized carbons (Fsp3) is 0.333. The molecule has 3 heteroatoms. The second-order valence-corrected chi connectivity index (χ2v) is 4.90. The minimum atomic E-state index is -0.291. The second-order valence-electron chi connectivity index (χ2n) is 4.90. The van der Waals surface area contributed by atoms with Gasteiger partial charge in [-0.25, -0.2) is 4.39 Å². The van der Waals surface area contributed by atoms with Crippen molar-refractivity contribution in [1.82, 2.24) is 4.98 Å². The van der Waals surface area contributed by atoms with E-state index in [0.717, 1.165) is 11.1 Å². The van der Waals surface area contributed by atoms with E-state index in [-0.39, 0.29) is 11.2 Å². The zero-order valence-corrected chi connectivity index (χ0v) is 9.19. The molecule has 15 heavy (non-hydrogen) atoms. The monoisotopic (exact) mass is 206 g/mol. The number of fused-ring (bicyclic) bond motifs is 1. The summed E-state index contributed by atoms with van der Waals surface area (Å²) >= 11 is 0. The summed E-state index contributed by atoms with van der Waals surface area (Å²) in [6.45, 7) is 6.25.